The predicted molar refractivity (Wildman–Crippen MR) is 46.9 cm³/mol. The van der Waals surface area contributed by atoms with E-state index in [1.54, 1.807) is 0 Å². The zero-order chi connectivity index (χ0) is 10.1. The number of rotatable bonds is 2. The summed E-state index contributed by atoms with van der Waals surface area (Å²) in [6.07, 6.45) is 0.757. The molecule has 0 aromatic rings. The van der Waals surface area contributed by atoms with E-state index in [1.807, 2.05) is 11.9 Å². The van der Waals surface area contributed by atoms with E-state index >= 15 is 0 Å². The van der Waals surface area contributed by atoms with Gasteiger partial charge in [0.05, 0.1) is 12.0 Å². The lowest BCUT2D eigenvalue weighted by Gasteiger charge is -2.42. The molecule has 0 spiro atoms. The van der Waals surface area contributed by atoms with Crippen LogP contribution in [0.2, 0.25) is 0 Å². The summed E-state index contributed by atoms with van der Waals surface area (Å²) < 4.78 is 26.4. The molecular weight excluding hydrogens is 176 g/mol. The van der Waals surface area contributed by atoms with Gasteiger partial charge in [-0.25, -0.2) is 8.78 Å². The Kier molecular flexibility index (Phi) is 2.92. The summed E-state index contributed by atoms with van der Waals surface area (Å²) >= 11 is 0. The third kappa shape index (κ3) is 1.99. The Balaban J connectivity index is 2.72. The maximum Gasteiger partial charge on any atom is 0.253 e. The van der Waals surface area contributed by atoms with Crippen LogP contribution in [-0.4, -0.2) is 42.7 Å². The van der Waals surface area contributed by atoms with Crippen LogP contribution in [0.15, 0.2) is 0 Å². The number of likely N-dealkylation sites (tertiary alicyclic amines) is 1. The van der Waals surface area contributed by atoms with Gasteiger partial charge in [-0.2, -0.15) is 0 Å². The van der Waals surface area contributed by atoms with E-state index in [1.165, 1.54) is 0 Å². The Morgan fingerprint density at radius 2 is 1.85 bits per heavy atom. The number of aliphatic hydroxyl groups is 1. The molecule has 1 aliphatic rings. The molecule has 0 bridgehead atoms. The first-order valence-electron chi connectivity index (χ1n) is 4.58. The largest absolute Gasteiger partial charge is 0.396 e. The molecule has 4 heteroatoms. The Morgan fingerprint density at radius 1 is 1.38 bits per heavy atom. The van der Waals surface area contributed by atoms with Crippen LogP contribution in [0.3, 0.4) is 0 Å². The summed E-state index contributed by atoms with van der Waals surface area (Å²) in [6.45, 7) is 1.78. The Bertz CT molecular complexity index is 171. The number of hydrogen-bond donors (Lipinski definition) is 1. The van der Waals surface area contributed by atoms with Crippen LogP contribution in [0.5, 0.6) is 0 Å². The lowest BCUT2D eigenvalue weighted by Crippen LogP contribution is -2.49. The summed E-state index contributed by atoms with van der Waals surface area (Å²) in [6, 6.07) is 0. The van der Waals surface area contributed by atoms with E-state index in [0.717, 1.165) is 6.92 Å². The maximum atomic E-state index is 13.2. The molecule has 1 rings (SSSR count). The van der Waals surface area contributed by atoms with Crippen molar-refractivity contribution < 1.29 is 13.9 Å². The normalized spacial score (nSPS) is 24.7. The molecule has 78 valence electrons. The standard InChI is InChI=1S/C9H17F2NO/c1-8(10,11)9(7-13)3-5-12(2)6-4-9/h13H,3-7H2,1-2H3. The molecule has 0 aromatic carbocycles. The molecule has 2 nitrogen and oxygen atoms in total. The minimum Gasteiger partial charge on any atom is -0.396 e. The summed E-state index contributed by atoms with van der Waals surface area (Å²) in [5.74, 6) is -2.77. The number of alkyl halides is 2. The third-order valence-corrected chi connectivity index (χ3v) is 3.18. The Morgan fingerprint density at radius 3 is 2.15 bits per heavy atom. The highest BCUT2D eigenvalue weighted by Gasteiger charge is 2.50. The minimum absolute atomic E-state index is 0.378. The highest BCUT2D eigenvalue weighted by atomic mass is 19.3. The molecule has 0 atom stereocenters. The van der Waals surface area contributed by atoms with Crippen molar-refractivity contribution in [2.45, 2.75) is 25.7 Å². The number of hydrogen-bond acceptors (Lipinski definition) is 2. The summed E-state index contributed by atoms with van der Waals surface area (Å²) in [4.78, 5) is 2.01. The van der Waals surface area contributed by atoms with Crippen LogP contribution in [0.25, 0.3) is 0 Å². The van der Waals surface area contributed by atoms with Crippen molar-refractivity contribution in [1.82, 2.24) is 4.90 Å². The van der Waals surface area contributed by atoms with Gasteiger partial charge in [0.1, 0.15) is 0 Å². The Labute approximate surface area is 77.5 Å². The average molecular weight is 193 g/mol. The molecule has 0 radical (unpaired) electrons. The third-order valence-electron chi connectivity index (χ3n) is 3.18. The van der Waals surface area contributed by atoms with E-state index in [0.29, 0.717) is 25.9 Å². The zero-order valence-electron chi connectivity index (χ0n) is 8.19. The van der Waals surface area contributed by atoms with Gasteiger partial charge in [-0.1, -0.05) is 0 Å². The van der Waals surface area contributed by atoms with E-state index in [9.17, 15) is 8.78 Å². The fourth-order valence-electron chi connectivity index (χ4n) is 1.78. The molecule has 1 heterocycles. The first kappa shape index (κ1) is 10.9. The van der Waals surface area contributed by atoms with Crippen molar-refractivity contribution in [2.75, 3.05) is 26.7 Å². The molecule has 0 aliphatic carbocycles. The SMILES string of the molecule is CN1CCC(CO)(C(C)(F)F)CC1. The van der Waals surface area contributed by atoms with Crippen LogP contribution in [0.4, 0.5) is 8.78 Å². The molecule has 13 heavy (non-hydrogen) atoms. The van der Waals surface area contributed by atoms with Gasteiger partial charge in [0.2, 0.25) is 0 Å². The maximum absolute atomic E-state index is 13.2. The van der Waals surface area contributed by atoms with E-state index < -0.39 is 17.9 Å². The van der Waals surface area contributed by atoms with Gasteiger partial charge in [0.15, 0.2) is 0 Å². The van der Waals surface area contributed by atoms with Gasteiger partial charge >= 0.3 is 0 Å². The number of halogens is 2. The van der Waals surface area contributed by atoms with Gasteiger partial charge < -0.3 is 10.0 Å². The van der Waals surface area contributed by atoms with Crippen LogP contribution in [-0.2, 0) is 0 Å². The van der Waals surface area contributed by atoms with Gasteiger partial charge in [0, 0.05) is 0 Å². The first-order valence-corrected chi connectivity index (χ1v) is 4.58. The zero-order valence-corrected chi connectivity index (χ0v) is 8.19. The molecule has 0 saturated carbocycles. The molecule has 1 N–H and O–H groups in total. The van der Waals surface area contributed by atoms with Crippen LogP contribution in [0, 0.1) is 5.41 Å². The van der Waals surface area contributed by atoms with Gasteiger partial charge in [-0.15, -0.1) is 0 Å². The van der Waals surface area contributed by atoms with Crippen molar-refractivity contribution >= 4 is 0 Å². The molecule has 0 unspecified atom stereocenters. The number of piperidine rings is 1. The second kappa shape index (κ2) is 3.50. The highest BCUT2D eigenvalue weighted by molar-refractivity contribution is 4.93. The summed E-state index contributed by atoms with van der Waals surface area (Å²) in [5.41, 5.74) is -1.18. The van der Waals surface area contributed by atoms with Gasteiger partial charge in [-0.3, -0.25) is 0 Å². The molecule has 1 aliphatic heterocycles. The fraction of sp³-hybridized carbons (Fsp3) is 1.00. The molecule has 0 aromatic heterocycles. The minimum atomic E-state index is -2.77. The van der Waals surface area contributed by atoms with E-state index in [-0.39, 0.29) is 0 Å². The number of nitrogens with zero attached hydrogens (tertiary/aromatic N) is 1. The lowest BCUT2D eigenvalue weighted by atomic mass is 9.74. The predicted octanol–water partition coefficient (Wildman–Crippen LogP) is 1.35. The highest BCUT2D eigenvalue weighted by Crippen LogP contribution is 2.44. The van der Waals surface area contributed by atoms with Crippen LogP contribution >= 0.6 is 0 Å². The Hall–Kier alpha value is -0.220. The fourth-order valence-corrected chi connectivity index (χ4v) is 1.78. The van der Waals surface area contributed by atoms with Crippen molar-refractivity contribution in [3.8, 4) is 0 Å². The topological polar surface area (TPSA) is 23.5 Å². The lowest BCUT2D eigenvalue weighted by molar-refractivity contribution is -0.151. The van der Waals surface area contributed by atoms with Crippen molar-refractivity contribution in [3.63, 3.8) is 0 Å². The van der Waals surface area contributed by atoms with Gasteiger partial charge in [0.25, 0.3) is 5.92 Å². The molecule has 1 saturated heterocycles. The van der Waals surface area contributed by atoms with Crippen LogP contribution in [0.1, 0.15) is 19.8 Å². The summed E-state index contributed by atoms with van der Waals surface area (Å²) in [7, 11) is 1.91. The number of aliphatic hydroxyl groups excluding tert-OH is 1. The average Bonchev–Trinajstić information content (AvgIpc) is 2.04. The van der Waals surface area contributed by atoms with Gasteiger partial charge in [-0.05, 0) is 39.9 Å². The molecule has 0 amide bonds. The quantitative estimate of drug-likeness (QED) is 0.715. The second-order valence-corrected chi connectivity index (χ2v) is 4.13. The molecule has 1 fully saturated rings. The van der Waals surface area contributed by atoms with Crippen molar-refractivity contribution in [3.05, 3.63) is 0 Å². The monoisotopic (exact) mass is 193 g/mol. The summed E-state index contributed by atoms with van der Waals surface area (Å²) in [5, 5.41) is 9.06. The van der Waals surface area contributed by atoms with E-state index in [2.05, 4.69) is 0 Å². The first-order chi connectivity index (χ1) is 5.91. The van der Waals surface area contributed by atoms with Crippen molar-refractivity contribution in [2.24, 2.45) is 5.41 Å². The van der Waals surface area contributed by atoms with Crippen LogP contribution < -0.4 is 0 Å². The molecular formula is C9H17F2NO. The smallest absolute Gasteiger partial charge is 0.253 e. The van der Waals surface area contributed by atoms with Crippen molar-refractivity contribution in [1.29, 1.82) is 0 Å². The van der Waals surface area contributed by atoms with E-state index in [4.69, 9.17) is 5.11 Å². The second-order valence-electron chi connectivity index (χ2n) is 4.13.